The fraction of sp³-hybridized carbons (Fsp3) is 0. The smallest absolute Gasteiger partial charge is 0.445 e. The average molecular weight is 263 g/mol. The maximum atomic E-state index is 12.1. The SMILES string of the molecule is NS(=O)(=O)c1ccc([B-](F)(F)F)cc1.[K+]. The molecule has 0 aromatic heterocycles. The first-order valence-electron chi connectivity index (χ1n) is 3.54. The van der Waals surface area contributed by atoms with Gasteiger partial charge in [0.1, 0.15) is 0 Å². The van der Waals surface area contributed by atoms with Gasteiger partial charge in [0.25, 0.3) is 0 Å². The standard InChI is InChI=1S/C6H6BF3NO2S.K/c8-7(9,10)5-1-3-6(4-2-5)14(11,12)13;/h1-4H,(H2,11,12,13);/q-1;+1. The van der Waals surface area contributed by atoms with Gasteiger partial charge in [0.2, 0.25) is 10.0 Å². The number of hydrogen-bond acceptors (Lipinski definition) is 2. The summed E-state index contributed by atoms with van der Waals surface area (Å²) in [5.74, 6) is 0. The molecular weight excluding hydrogens is 257 g/mol. The molecule has 0 radical (unpaired) electrons. The summed E-state index contributed by atoms with van der Waals surface area (Å²) in [6, 6.07) is 3.05. The molecule has 0 saturated carbocycles. The van der Waals surface area contributed by atoms with Gasteiger partial charge in [-0.15, -0.1) is 5.46 Å². The predicted molar refractivity (Wildman–Crippen MR) is 46.5 cm³/mol. The first-order chi connectivity index (χ1) is 6.21. The van der Waals surface area contributed by atoms with Crippen LogP contribution in [0, 0.1) is 0 Å². The molecule has 0 amide bonds. The third kappa shape index (κ3) is 4.55. The summed E-state index contributed by atoms with van der Waals surface area (Å²) >= 11 is 0. The zero-order chi connectivity index (χ0) is 11.0. The molecule has 3 nitrogen and oxygen atoms in total. The van der Waals surface area contributed by atoms with Crippen molar-refractivity contribution < 1.29 is 72.7 Å². The van der Waals surface area contributed by atoms with Crippen molar-refractivity contribution in [2.24, 2.45) is 5.14 Å². The molecule has 9 heteroatoms. The van der Waals surface area contributed by atoms with Crippen LogP contribution in [0.15, 0.2) is 29.2 Å². The molecule has 15 heavy (non-hydrogen) atoms. The van der Waals surface area contributed by atoms with Gasteiger partial charge in [-0.25, -0.2) is 13.6 Å². The fourth-order valence-corrected chi connectivity index (χ4v) is 1.39. The zero-order valence-corrected chi connectivity index (χ0v) is 11.8. The van der Waals surface area contributed by atoms with Crippen LogP contribution in [0.4, 0.5) is 12.9 Å². The quantitative estimate of drug-likeness (QED) is 0.594. The van der Waals surface area contributed by atoms with Crippen molar-refractivity contribution in [3.63, 3.8) is 0 Å². The van der Waals surface area contributed by atoms with Crippen LogP contribution in [0.1, 0.15) is 0 Å². The molecule has 0 aliphatic heterocycles. The summed E-state index contributed by atoms with van der Waals surface area (Å²) in [6.45, 7) is -5.09. The van der Waals surface area contributed by atoms with Crippen LogP contribution in [0.25, 0.3) is 0 Å². The summed E-state index contributed by atoms with van der Waals surface area (Å²) in [7, 11) is -3.93. The molecule has 0 spiro atoms. The van der Waals surface area contributed by atoms with Gasteiger partial charge in [-0.2, -0.15) is 0 Å². The van der Waals surface area contributed by atoms with Gasteiger partial charge in [-0.1, -0.05) is 12.1 Å². The molecule has 0 saturated heterocycles. The number of rotatable bonds is 2. The molecule has 0 bridgehead atoms. The van der Waals surface area contributed by atoms with Crippen LogP contribution in [-0.4, -0.2) is 15.4 Å². The third-order valence-corrected chi connectivity index (χ3v) is 2.52. The van der Waals surface area contributed by atoms with Crippen LogP contribution in [0.2, 0.25) is 0 Å². The maximum absolute atomic E-state index is 12.1. The Morgan fingerprint density at radius 1 is 1.07 bits per heavy atom. The van der Waals surface area contributed by atoms with E-state index in [0.29, 0.717) is 12.1 Å². The van der Waals surface area contributed by atoms with Crippen molar-refractivity contribution in [3.8, 4) is 0 Å². The minimum Gasteiger partial charge on any atom is -0.445 e. The zero-order valence-electron chi connectivity index (χ0n) is 7.82. The topological polar surface area (TPSA) is 60.2 Å². The first kappa shape index (κ1) is 15.6. The molecule has 0 aliphatic rings. The summed E-state index contributed by atoms with van der Waals surface area (Å²) in [5.41, 5.74) is -0.850. The van der Waals surface area contributed by atoms with Crippen molar-refractivity contribution in [1.82, 2.24) is 0 Å². The monoisotopic (exact) mass is 263 g/mol. The Morgan fingerprint density at radius 2 is 1.47 bits per heavy atom. The molecule has 0 unspecified atom stereocenters. The number of primary sulfonamides is 1. The van der Waals surface area contributed by atoms with Gasteiger partial charge in [0, 0.05) is 0 Å². The van der Waals surface area contributed by atoms with Crippen molar-refractivity contribution in [2.75, 3.05) is 0 Å². The number of hydrogen-bond donors (Lipinski definition) is 1. The van der Waals surface area contributed by atoms with Gasteiger partial charge in [0.15, 0.2) is 0 Å². The van der Waals surface area contributed by atoms with Gasteiger partial charge in [-0.3, -0.25) is 0 Å². The van der Waals surface area contributed by atoms with Gasteiger partial charge >= 0.3 is 58.4 Å². The van der Waals surface area contributed by atoms with Crippen LogP contribution >= 0.6 is 0 Å². The van der Waals surface area contributed by atoms with Crippen molar-refractivity contribution in [2.45, 2.75) is 4.90 Å². The Bertz CT molecular complexity index is 431. The molecule has 2 N–H and O–H groups in total. The first-order valence-corrected chi connectivity index (χ1v) is 5.08. The molecule has 0 atom stereocenters. The largest absolute Gasteiger partial charge is 1.00 e. The van der Waals surface area contributed by atoms with E-state index in [1.807, 2.05) is 0 Å². The van der Waals surface area contributed by atoms with Crippen LogP contribution in [-0.2, 0) is 10.0 Å². The average Bonchev–Trinajstić information content (AvgIpc) is 2.01. The second-order valence-corrected chi connectivity index (χ2v) is 4.25. The maximum Gasteiger partial charge on any atom is 1.00 e. The Kier molecular flexibility index (Phi) is 5.52. The van der Waals surface area contributed by atoms with Gasteiger partial charge in [-0.05, 0) is 12.1 Å². The van der Waals surface area contributed by atoms with Crippen molar-refractivity contribution in [3.05, 3.63) is 24.3 Å². The number of benzene rings is 1. The second-order valence-electron chi connectivity index (χ2n) is 2.69. The van der Waals surface area contributed by atoms with E-state index in [1.165, 1.54) is 0 Å². The third-order valence-electron chi connectivity index (χ3n) is 1.59. The molecule has 0 aliphatic carbocycles. The summed E-state index contributed by atoms with van der Waals surface area (Å²) in [6.07, 6.45) is 0. The van der Waals surface area contributed by atoms with E-state index in [1.54, 1.807) is 0 Å². The normalized spacial score (nSPS) is 12.0. The van der Waals surface area contributed by atoms with Gasteiger partial charge < -0.3 is 12.9 Å². The van der Waals surface area contributed by atoms with Gasteiger partial charge in [0.05, 0.1) is 4.90 Å². The van der Waals surface area contributed by atoms with Crippen molar-refractivity contribution >= 4 is 22.5 Å². The minimum atomic E-state index is -5.09. The second kappa shape index (κ2) is 5.30. The predicted octanol–water partition coefficient (Wildman–Crippen LogP) is -2.61. The number of sulfonamides is 1. The van der Waals surface area contributed by atoms with Crippen LogP contribution in [0.3, 0.4) is 0 Å². The van der Waals surface area contributed by atoms with E-state index < -0.39 is 22.5 Å². The molecule has 0 fully saturated rings. The molecule has 78 valence electrons. The molecular formula is C6H6BF3KNO2S. The number of halogens is 3. The fourth-order valence-electron chi connectivity index (χ4n) is 0.876. The van der Waals surface area contributed by atoms with E-state index in [2.05, 4.69) is 0 Å². The van der Waals surface area contributed by atoms with Crippen LogP contribution < -0.4 is 62.0 Å². The summed E-state index contributed by atoms with van der Waals surface area (Å²) in [5, 5.41) is 4.71. The Labute approximate surface area is 128 Å². The van der Waals surface area contributed by atoms with Crippen molar-refractivity contribution in [1.29, 1.82) is 0 Å². The molecule has 0 heterocycles. The Balaban J connectivity index is 0.00000196. The molecule has 1 rings (SSSR count). The Hall–Kier alpha value is 0.621. The molecule has 1 aromatic rings. The van der Waals surface area contributed by atoms with E-state index in [9.17, 15) is 21.4 Å². The van der Waals surface area contributed by atoms with Crippen LogP contribution in [0.5, 0.6) is 0 Å². The minimum absolute atomic E-state index is 0. The van der Waals surface area contributed by atoms with E-state index in [-0.39, 0.29) is 56.3 Å². The van der Waals surface area contributed by atoms with E-state index in [0.717, 1.165) is 12.1 Å². The summed E-state index contributed by atoms with van der Waals surface area (Å²) < 4.78 is 57.7. The molecule has 1 aromatic carbocycles. The van der Waals surface area contributed by atoms with E-state index in [4.69, 9.17) is 5.14 Å². The number of nitrogens with two attached hydrogens (primary N) is 1. The summed E-state index contributed by atoms with van der Waals surface area (Å²) in [4.78, 5) is -0.332. The Morgan fingerprint density at radius 3 is 1.73 bits per heavy atom. The van der Waals surface area contributed by atoms with E-state index >= 15 is 0 Å².